The molecule has 2 saturated carbocycles. The van der Waals surface area contributed by atoms with Crippen molar-refractivity contribution in [2.75, 3.05) is 13.7 Å². The highest BCUT2D eigenvalue weighted by Gasteiger charge is 2.60. The van der Waals surface area contributed by atoms with Gasteiger partial charge in [0.15, 0.2) is 0 Å². The number of rotatable bonds is 7. The number of sulfonamides is 1. The van der Waals surface area contributed by atoms with Crippen LogP contribution in [0.2, 0.25) is 5.02 Å². The number of alkyl halides is 2. The third-order valence-electron chi connectivity index (χ3n) is 7.13. The summed E-state index contributed by atoms with van der Waals surface area (Å²) in [5.74, 6) is -2.56. The average Bonchev–Trinajstić information content (AvgIpc) is 3.42. The van der Waals surface area contributed by atoms with Crippen molar-refractivity contribution in [3.8, 4) is 0 Å². The van der Waals surface area contributed by atoms with Crippen LogP contribution in [0.25, 0.3) is 0 Å². The van der Waals surface area contributed by atoms with Crippen LogP contribution in [0.1, 0.15) is 51.3 Å². The molecular weight excluding hydrogens is 482 g/mol. The van der Waals surface area contributed by atoms with Crippen LogP contribution < -0.4 is 4.72 Å². The molecule has 1 aliphatic heterocycles. The molecule has 0 aromatic carbocycles. The summed E-state index contributed by atoms with van der Waals surface area (Å²) in [5.41, 5.74) is -1.74. The zero-order valence-electron chi connectivity index (χ0n) is 18.3. The fourth-order valence-corrected chi connectivity index (χ4v) is 6.34. The lowest BCUT2D eigenvalue weighted by atomic mass is 9.86. The molecular formula is C20H27ClF2N4O5S. The number of fused-ring (bicyclic) bond motifs is 1. The van der Waals surface area contributed by atoms with Crippen molar-refractivity contribution in [2.24, 2.45) is 5.92 Å². The van der Waals surface area contributed by atoms with Crippen LogP contribution in [0.5, 0.6) is 0 Å². The summed E-state index contributed by atoms with van der Waals surface area (Å²) in [6.07, 6.45) is 5.79. The molecule has 9 nitrogen and oxygen atoms in total. The fraction of sp³-hybridized carbons (Fsp3) is 0.750. The van der Waals surface area contributed by atoms with Gasteiger partial charge < -0.3 is 9.47 Å². The number of amides is 1. The summed E-state index contributed by atoms with van der Waals surface area (Å²) in [7, 11) is -3.82. The third-order valence-corrected chi connectivity index (χ3v) is 8.46. The van der Waals surface area contributed by atoms with Gasteiger partial charge >= 0.3 is 11.9 Å². The Morgan fingerprint density at radius 2 is 2.03 bits per heavy atom. The topological polar surface area (TPSA) is 111 Å². The van der Waals surface area contributed by atoms with Crippen LogP contribution in [0.15, 0.2) is 12.4 Å². The van der Waals surface area contributed by atoms with Gasteiger partial charge in [0, 0.05) is 23.9 Å². The van der Waals surface area contributed by atoms with E-state index in [-0.39, 0.29) is 24.5 Å². The highest BCUT2D eigenvalue weighted by Crippen LogP contribution is 2.61. The Kier molecular flexibility index (Phi) is 6.58. The molecule has 1 amide bonds. The van der Waals surface area contributed by atoms with Crippen LogP contribution >= 0.6 is 11.6 Å². The van der Waals surface area contributed by atoms with Crippen molar-refractivity contribution < 1.29 is 31.5 Å². The molecule has 0 radical (unpaired) electrons. The predicted octanol–water partition coefficient (Wildman–Crippen LogP) is 3.05. The zero-order valence-corrected chi connectivity index (χ0v) is 19.9. The number of aromatic nitrogens is 2. The first-order valence-corrected chi connectivity index (χ1v) is 12.7. The van der Waals surface area contributed by atoms with Crippen LogP contribution in [0, 0.1) is 5.92 Å². The molecule has 0 bridgehead atoms. The molecule has 0 spiro atoms. The maximum Gasteiger partial charge on any atom is 0.411 e. The van der Waals surface area contributed by atoms with Crippen molar-refractivity contribution in [2.45, 2.75) is 74.4 Å². The van der Waals surface area contributed by atoms with E-state index in [2.05, 4.69) is 14.7 Å². The molecule has 2 heterocycles. The van der Waals surface area contributed by atoms with E-state index in [1.165, 1.54) is 4.90 Å². The molecule has 1 aromatic heterocycles. The van der Waals surface area contributed by atoms with Crippen molar-refractivity contribution in [1.82, 2.24) is 19.6 Å². The number of nitrogens with zero attached hydrogens (tertiary/aromatic N) is 3. The third kappa shape index (κ3) is 4.54. The Morgan fingerprint density at radius 1 is 1.33 bits per heavy atom. The summed E-state index contributed by atoms with van der Waals surface area (Å²) < 4.78 is 63.4. The van der Waals surface area contributed by atoms with Gasteiger partial charge in [-0.05, 0) is 51.4 Å². The summed E-state index contributed by atoms with van der Waals surface area (Å²) in [4.78, 5) is 22.3. The first-order valence-electron chi connectivity index (χ1n) is 10.8. The van der Waals surface area contributed by atoms with Crippen LogP contribution in [0.3, 0.4) is 0 Å². The Morgan fingerprint density at radius 3 is 2.64 bits per heavy atom. The van der Waals surface area contributed by atoms with E-state index >= 15 is 0 Å². The highest BCUT2D eigenvalue weighted by molar-refractivity contribution is 7.89. The Balaban J connectivity index is 1.47. The van der Waals surface area contributed by atoms with Crippen molar-refractivity contribution in [3.05, 3.63) is 23.2 Å². The van der Waals surface area contributed by atoms with Gasteiger partial charge in [-0.25, -0.2) is 23.2 Å². The molecule has 5 atom stereocenters. The molecule has 1 saturated heterocycles. The maximum absolute atomic E-state index is 13.2. The number of carbonyl (C=O) groups excluding carboxylic acids is 1. The number of ether oxygens (including phenoxy) is 2. The van der Waals surface area contributed by atoms with Gasteiger partial charge in [-0.2, -0.15) is 13.5 Å². The number of likely N-dealkylation sites (tertiary alicyclic amines) is 1. The van der Waals surface area contributed by atoms with Gasteiger partial charge in [0.25, 0.3) is 10.0 Å². The quantitative estimate of drug-likeness (QED) is 0.602. The van der Waals surface area contributed by atoms with Gasteiger partial charge in [0.2, 0.25) is 0 Å². The minimum absolute atomic E-state index is 0.0979. The van der Waals surface area contributed by atoms with Gasteiger partial charge in [0.1, 0.15) is 11.5 Å². The summed E-state index contributed by atoms with van der Waals surface area (Å²) >= 11 is 5.89. The lowest BCUT2D eigenvalue weighted by Gasteiger charge is -2.40. The summed E-state index contributed by atoms with van der Waals surface area (Å²) in [5, 5.41) is 0.474. The SMILES string of the molecule is COC(=O)N1[C@H](C)CC[C@]1(CO[C@H]1CC[C@@]2(c3ncc(Cl)cn3)C[C@H]2C1)NS(=O)(=O)C(F)F. The van der Waals surface area contributed by atoms with E-state index < -0.39 is 33.6 Å². The fourth-order valence-electron chi connectivity index (χ4n) is 5.36. The number of carbonyl (C=O) groups is 1. The average molecular weight is 509 g/mol. The maximum atomic E-state index is 13.2. The number of methoxy groups -OCH3 is 1. The molecule has 13 heteroatoms. The van der Waals surface area contributed by atoms with Crippen LogP contribution in [0.4, 0.5) is 13.6 Å². The molecule has 4 rings (SSSR count). The lowest BCUT2D eigenvalue weighted by molar-refractivity contribution is -0.0479. The molecule has 3 fully saturated rings. The molecule has 184 valence electrons. The number of hydrogen-bond donors (Lipinski definition) is 1. The van der Waals surface area contributed by atoms with Crippen LogP contribution in [-0.4, -0.2) is 66.7 Å². The molecule has 0 unspecified atom stereocenters. The standard InChI is InChI=1S/C20H27ClF2N4O5S/c1-12-3-6-20(27(12)18(28)31-2,26-33(29,30)17(22)23)11-32-15-4-5-19(8-13(19)7-15)16-24-9-14(21)10-25-16/h9-10,12-13,15,17,26H,3-8,11H2,1-2H3/t12-,13-,15+,19-,20+/m1/s1. The van der Waals surface area contributed by atoms with E-state index in [4.69, 9.17) is 21.1 Å². The largest absolute Gasteiger partial charge is 0.453 e. The van der Waals surface area contributed by atoms with E-state index in [9.17, 15) is 22.0 Å². The zero-order chi connectivity index (χ0) is 24.0. The predicted molar refractivity (Wildman–Crippen MR) is 114 cm³/mol. The first-order chi connectivity index (χ1) is 15.5. The molecule has 2 aliphatic carbocycles. The minimum Gasteiger partial charge on any atom is -0.453 e. The number of halogens is 3. The van der Waals surface area contributed by atoms with E-state index in [0.717, 1.165) is 25.8 Å². The Labute approximate surface area is 196 Å². The van der Waals surface area contributed by atoms with Crippen LogP contribution in [-0.2, 0) is 24.9 Å². The Hall–Kier alpha value is -1.63. The van der Waals surface area contributed by atoms with Crippen molar-refractivity contribution in [3.63, 3.8) is 0 Å². The second kappa shape index (κ2) is 8.86. The highest BCUT2D eigenvalue weighted by atomic mass is 35.5. The molecule has 33 heavy (non-hydrogen) atoms. The van der Waals surface area contributed by atoms with E-state index in [1.54, 1.807) is 19.3 Å². The second-order valence-electron chi connectivity index (χ2n) is 9.16. The molecule has 1 aromatic rings. The lowest BCUT2D eigenvalue weighted by Crippen LogP contribution is -2.64. The summed E-state index contributed by atoms with van der Waals surface area (Å²) in [6, 6.07) is -0.411. The number of nitrogens with one attached hydrogen (secondary N) is 1. The normalized spacial score (nSPS) is 33.8. The number of hydrogen-bond acceptors (Lipinski definition) is 7. The molecule has 1 N–H and O–H groups in total. The minimum atomic E-state index is -4.98. The van der Waals surface area contributed by atoms with Crippen molar-refractivity contribution in [1.29, 1.82) is 0 Å². The Bertz CT molecular complexity index is 1000. The summed E-state index contributed by atoms with van der Waals surface area (Å²) in [6.45, 7) is 1.46. The van der Waals surface area contributed by atoms with Gasteiger partial charge in [-0.1, -0.05) is 11.6 Å². The smallest absolute Gasteiger partial charge is 0.411 e. The van der Waals surface area contributed by atoms with Crippen molar-refractivity contribution >= 4 is 27.7 Å². The van der Waals surface area contributed by atoms with E-state index in [0.29, 0.717) is 30.2 Å². The van der Waals surface area contributed by atoms with Gasteiger partial charge in [-0.15, -0.1) is 0 Å². The van der Waals surface area contributed by atoms with E-state index in [1.807, 2.05) is 0 Å². The first kappa shape index (κ1) is 24.5. The monoisotopic (exact) mass is 508 g/mol. The van der Waals surface area contributed by atoms with Gasteiger partial charge in [-0.3, -0.25) is 4.90 Å². The molecule has 3 aliphatic rings. The second-order valence-corrected chi connectivity index (χ2v) is 11.2. The van der Waals surface area contributed by atoms with Gasteiger partial charge in [0.05, 0.1) is 24.8 Å².